The van der Waals surface area contributed by atoms with Crippen molar-refractivity contribution in [3.63, 3.8) is 0 Å². The van der Waals surface area contributed by atoms with Gasteiger partial charge in [0.05, 0.1) is 18.8 Å². The van der Waals surface area contributed by atoms with Gasteiger partial charge in [-0.05, 0) is 56.9 Å². The number of rotatable bonds is 14. The fraction of sp³-hybridized carbons (Fsp3) is 0.452. The van der Waals surface area contributed by atoms with Crippen LogP contribution >= 0.6 is 11.8 Å². The van der Waals surface area contributed by atoms with Crippen LogP contribution in [-0.2, 0) is 16.1 Å². The normalized spacial score (nSPS) is 14.5. The minimum absolute atomic E-state index is 0.359. The van der Waals surface area contributed by atoms with Gasteiger partial charge >= 0.3 is 5.97 Å². The second-order valence-corrected chi connectivity index (χ2v) is 10.9. The van der Waals surface area contributed by atoms with Gasteiger partial charge in [-0.15, -0.1) is 5.10 Å². The number of aryl methyl sites for hydroxylation is 1. The second-order valence-electron chi connectivity index (χ2n) is 9.84. The summed E-state index contributed by atoms with van der Waals surface area (Å²) in [6.45, 7) is 11.4. The average Bonchev–Trinajstić information content (AvgIpc) is 3.34. The quantitative estimate of drug-likeness (QED) is 0.126. The van der Waals surface area contributed by atoms with Crippen LogP contribution in [0.1, 0.15) is 76.1 Å². The maximum absolute atomic E-state index is 13.4. The lowest BCUT2D eigenvalue weighted by Crippen LogP contribution is -2.30. The summed E-state index contributed by atoms with van der Waals surface area (Å²) in [6, 6.07) is 13.5. The van der Waals surface area contributed by atoms with E-state index in [1.54, 1.807) is 16.4 Å². The van der Waals surface area contributed by atoms with Crippen molar-refractivity contribution in [3.8, 4) is 11.5 Å². The molecule has 1 unspecified atom stereocenters. The molecule has 1 aliphatic rings. The Labute approximate surface area is 241 Å². The smallest absolute Gasteiger partial charge is 0.338 e. The van der Waals surface area contributed by atoms with E-state index < -0.39 is 6.04 Å². The van der Waals surface area contributed by atoms with Gasteiger partial charge in [0.15, 0.2) is 11.5 Å². The lowest BCUT2D eigenvalue weighted by Gasteiger charge is -2.28. The first-order chi connectivity index (χ1) is 19.4. The summed E-state index contributed by atoms with van der Waals surface area (Å²) < 4.78 is 19.7. The number of thioether (sulfide) groups is 1. The maximum atomic E-state index is 13.4. The van der Waals surface area contributed by atoms with E-state index in [4.69, 9.17) is 24.3 Å². The van der Waals surface area contributed by atoms with Gasteiger partial charge in [0.2, 0.25) is 11.1 Å². The van der Waals surface area contributed by atoms with Crippen molar-refractivity contribution in [1.29, 1.82) is 0 Å². The number of carbonyl (C=O) groups is 1. The van der Waals surface area contributed by atoms with Crippen LogP contribution < -0.4 is 14.8 Å². The lowest BCUT2D eigenvalue weighted by molar-refractivity contribution is -0.139. The molecular formula is C31H40N4O4S. The zero-order valence-electron chi connectivity index (χ0n) is 24.2. The Kier molecular flexibility index (Phi) is 10.5. The van der Waals surface area contributed by atoms with E-state index >= 15 is 0 Å². The van der Waals surface area contributed by atoms with Crippen LogP contribution in [0.25, 0.3) is 0 Å². The number of allylic oxidation sites excluding steroid dienone is 1. The number of fused-ring (bicyclic) bond motifs is 1. The standard InChI is InChI=1S/C31H40N4O4S/c1-6-9-16-38-29(36)27-22(5)32-30-33-31(40-17-10-7-2)34-35(30)28(27)24-14-15-25(26(19-24)37-8-3)39-20-23-13-11-12-21(4)18-23/h11-15,18-19,28H,6-10,16-17,20H2,1-5H3,(H,32,33,34). The predicted octanol–water partition coefficient (Wildman–Crippen LogP) is 7.09. The molecule has 1 aromatic heterocycles. The number of nitrogens with one attached hydrogen (secondary N) is 1. The number of benzene rings is 2. The first-order valence-electron chi connectivity index (χ1n) is 14.1. The van der Waals surface area contributed by atoms with E-state index in [0.717, 1.165) is 42.6 Å². The van der Waals surface area contributed by atoms with Crippen molar-refractivity contribution in [1.82, 2.24) is 14.8 Å². The number of unbranched alkanes of at least 4 members (excludes halogenated alkanes) is 2. The molecule has 1 atom stereocenters. The number of hydrogen-bond acceptors (Lipinski definition) is 8. The zero-order chi connectivity index (χ0) is 28.5. The van der Waals surface area contributed by atoms with Crippen molar-refractivity contribution in [2.45, 2.75) is 78.1 Å². The maximum Gasteiger partial charge on any atom is 0.338 e. The first kappa shape index (κ1) is 29.5. The molecule has 214 valence electrons. The predicted molar refractivity (Wildman–Crippen MR) is 159 cm³/mol. The van der Waals surface area contributed by atoms with Crippen LogP contribution in [0.3, 0.4) is 0 Å². The Morgan fingerprint density at radius 3 is 2.60 bits per heavy atom. The van der Waals surface area contributed by atoms with Gasteiger partial charge in [0.1, 0.15) is 12.6 Å². The molecule has 0 saturated carbocycles. The van der Waals surface area contributed by atoms with E-state index in [0.29, 0.717) is 53.7 Å². The Bertz CT molecular complexity index is 1340. The molecule has 3 aromatic rings. The minimum Gasteiger partial charge on any atom is -0.490 e. The Morgan fingerprint density at radius 1 is 1.02 bits per heavy atom. The number of anilines is 1. The summed E-state index contributed by atoms with van der Waals surface area (Å²) in [6.07, 6.45) is 3.94. The third kappa shape index (κ3) is 7.18. The molecule has 9 heteroatoms. The fourth-order valence-electron chi connectivity index (χ4n) is 4.51. The summed E-state index contributed by atoms with van der Waals surface area (Å²) in [5.41, 5.74) is 4.32. The van der Waals surface area contributed by atoms with E-state index in [1.165, 1.54) is 5.56 Å². The van der Waals surface area contributed by atoms with E-state index in [1.807, 2.05) is 44.2 Å². The van der Waals surface area contributed by atoms with Crippen molar-refractivity contribution in [3.05, 3.63) is 70.4 Å². The SMILES string of the molecule is CCCCOC(=O)C1=C(C)Nc2nc(SCCCC)nn2C1c1ccc(OCc2cccc(C)c2)c(OCC)c1. The molecule has 1 aliphatic heterocycles. The highest BCUT2D eigenvalue weighted by atomic mass is 32.2. The van der Waals surface area contributed by atoms with Gasteiger partial charge in [-0.1, -0.05) is 74.3 Å². The summed E-state index contributed by atoms with van der Waals surface area (Å²) in [5, 5.41) is 8.78. The molecule has 2 heterocycles. The number of hydrogen-bond donors (Lipinski definition) is 1. The summed E-state index contributed by atoms with van der Waals surface area (Å²) in [7, 11) is 0. The van der Waals surface area contributed by atoms with Gasteiger partial charge in [-0.3, -0.25) is 0 Å². The van der Waals surface area contributed by atoms with Gasteiger partial charge in [0, 0.05) is 11.4 Å². The average molecular weight is 565 g/mol. The van der Waals surface area contributed by atoms with Crippen molar-refractivity contribution in [2.24, 2.45) is 0 Å². The van der Waals surface area contributed by atoms with E-state index in [-0.39, 0.29) is 5.97 Å². The lowest BCUT2D eigenvalue weighted by atomic mass is 9.95. The molecule has 40 heavy (non-hydrogen) atoms. The van der Waals surface area contributed by atoms with Crippen molar-refractivity contribution < 1.29 is 19.0 Å². The van der Waals surface area contributed by atoms with E-state index in [9.17, 15) is 4.79 Å². The van der Waals surface area contributed by atoms with Crippen LogP contribution in [0.15, 0.2) is 58.9 Å². The zero-order valence-corrected chi connectivity index (χ0v) is 25.0. The molecular weight excluding hydrogens is 524 g/mol. The second kappa shape index (κ2) is 14.3. The molecule has 0 spiro atoms. The largest absolute Gasteiger partial charge is 0.490 e. The fourth-order valence-corrected chi connectivity index (χ4v) is 5.42. The van der Waals surface area contributed by atoms with Gasteiger partial charge in [-0.25, -0.2) is 9.48 Å². The third-order valence-corrected chi connectivity index (χ3v) is 7.50. The summed E-state index contributed by atoms with van der Waals surface area (Å²) >= 11 is 1.62. The van der Waals surface area contributed by atoms with Gasteiger partial charge in [0.25, 0.3) is 0 Å². The topological polar surface area (TPSA) is 87.5 Å². The number of ether oxygens (including phenoxy) is 3. The highest BCUT2D eigenvalue weighted by Gasteiger charge is 2.35. The number of carbonyl (C=O) groups excluding carboxylic acids is 1. The monoisotopic (exact) mass is 564 g/mol. The van der Waals surface area contributed by atoms with Crippen molar-refractivity contribution in [2.75, 3.05) is 24.3 Å². The molecule has 4 rings (SSSR count). The molecule has 0 radical (unpaired) electrons. The van der Waals surface area contributed by atoms with Crippen LogP contribution in [0.4, 0.5) is 5.95 Å². The molecule has 0 aliphatic carbocycles. The van der Waals surface area contributed by atoms with Gasteiger partial charge in [-0.2, -0.15) is 4.98 Å². The molecule has 1 N–H and O–H groups in total. The summed E-state index contributed by atoms with van der Waals surface area (Å²) in [5.74, 6) is 2.43. The Morgan fingerprint density at radius 2 is 1.85 bits per heavy atom. The molecule has 0 saturated heterocycles. The minimum atomic E-state index is -0.525. The molecule has 8 nitrogen and oxygen atoms in total. The molecule has 0 amide bonds. The molecule has 0 bridgehead atoms. The number of aromatic nitrogens is 3. The highest BCUT2D eigenvalue weighted by molar-refractivity contribution is 7.99. The summed E-state index contributed by atoms with van der Waals surface area (Å²) in [4.78, 5) is 18.1. The number of nitrogens with zero attached hydrogens (tertiary/aromatic N) is 3. The van der Waals surface area contributed by atoms with Crippen LogP contribution in [0, 0.1) is 6.92 Å². The van der Waals surface area contributed by atoms with Crippen LogP contribution in [0.5, 0.6) is 11.5 Å². The van der Waals surface area contributed by atoms with Gasteiger partial charge < -0.3 is 19.5 Å². The van der Waals surface area contributed by atoms with E-state index in [2.05, 4.69) is 38.2 Å². The Balaban J connectivity index is 1.69. The first-order valence-corrected chi connectivity index (χ1v) is 15.1. The number of esters is 1. The highest BCUT2D eigenvalue weighted by Crippen LogP contribution is 2.40. The molecule has 2 aromatic carbocycles. The third-order valence-electron chi connectivity index (χ3n) is 6.57. The van der Waals surface area contributed by atoms with Crippen molar-refractivity contribution >= 4 is 23.7 Å². The molecule has 0 fully saturated rings. The Hall–Kier alpha value is -3.46. The van der Waals surface area contributed by atoms with Crippen LogP contribution in [0.2, 0.25) is 0 Å². The van der Waals surface area contributed by atoms with Crippen LogP contribution in [-0.4, -0.2) is 39.7 Å².